The zero-order chi connectivity index (χ0) is 8.81. The highest BCUT2D eigenvalue weighted by Crippen LogP contribution is 2.10. The quantitative estimate of drug-likeness (QED) is 0.642. The minimum absolute atomic E-state index is 0.0470. The zero-order valence-corrected chi connectivity index (χ0v) is 7.61. The van der Waals surface area contributed by atoms with Crippen molar-refractivity contribution in [3.8, 4) is 11.8 Å². The molecule has 0 aliphatic rings. The summed E-state index contributed by atoms with van der Waals surface area (Å²) in [5.41, 5.74) is 0. The van der Waals surface area contributed by atoms with E-state index in [0.29, 0.717) is 6.54 Å². The first-order chi connectivity index (χ1) is 5.86. The maximum Gasteiger partial charge on any atom is 0.167 e. The molecule has 0 bridgehead atoms. The van der Waals surface area contributed by atoms with Gasteiger partial charge in [0.05, 0.1) is 18.0 Å². The van der Waals surface area contributed by atoms with Crippen LogP contribution in [0.5, 0.6) is 0 Å². The summed E-state index contributed by atoms with van der Waals surface area (Å²) >= 11 is 1.42. The Morgan fingerprint density at radius 1 is 1.75 bits per heavy atom. The van der Waals surface area contributed by atoms with Crippen LogP contribution >= 0.6 is 11.3 Å². The Bertz CT molecular complexity index is 297. The SMILES string of the molecule is CNCC#Cc1ncc(CO)s1. The molecule has 2 N–H and O–H groups in total. The number of nitrogens with one attached hydrogen (secondary N) is 1. The summed E-state index contributed by atoms with van der Waals surface area (Å²) < 4.78 is 0. The highest BCUT2D eigenvalue weighted by atomic mass is 32.1. The molecule has 64 valence electrons. The van der Waals surface area contributed by atoms with E-state index in [1.807, 2.05) is 7.05 Å². The van der Waals surface area contributed by atoms with Crippen molar-refractivity contribution in [3.05, 3.63) is 16.1 Å². The predicted molar refractivity (Wildman–Crippen MR) is 48.8 cm³/mol. The Hall–Kier alpha value is -0.890. The summed E-state index contributed by atoms with van der Waals surface area (Å²) in [6, 6.07) is 0. The largest absolute Gasteiger partial charge is 0.391 e. The fourth-order valence-corrected chi connectivity index (χ4v) is 1.29. The van der Waals surface area contributed by atoms with Gasteiger partial charge in [0.1, 0.15) is 0 Å². The molecule has 0 aliphatic carbocycles. The van der Waals surface area contributed by atoms with Crippen molar-refractivity contribution in [1.29, 1.82) is 0 Å². The van der Waals surface area contributed by atoms with Crippen molar-refractivity contribution < 1.29 is 5.11 Å². The van der Waals surface area contributed by atoms with Gasteiger partial charge in [-0.15, -0.1) is 11.3 Å². The number of nitrogens with zero attached hydrogens (tertiary/aromatic N) is 1. The molecule has 0 atom stereocenters. The fourth-order valence-electron chi connectivity index (χ4n) is 0.647. The van der Waals surface area contributed by atoms with E-state index in [-0.39, 0.29) is 6.61 Å². The summed E-state index contributed by atoms with van der Waals surface area (Å²) in [6.45, 7) is 0.708. The van der Waals surface area contributed by atoms with Crippen LogP contribution in [0.1, 0.15) is 9.88 Å². The Morgan fingerprint density at radius 2 is 2.58 bits per heavy atom. The molecule has 1 aromatic rings. The highest BCUT2D eigenvalue weighted by Gasteiger charge is 1.95. The van der Waals surface area contributed by atoms with Gasteiger partial charge in [0.25, 0.3) is 0 Å². The minimum atomic E-state index is 0.0470. The standard InChI is InChI=1S/C8H10N2OS/c1-9-4-2-3-8-10-5-7(6-11)12-8/h5,9,11H,4,6H2,1H3. The second-order valence-corrected chi connectivity index (χ2v) is 3.24. The van der Waals surface area contributed by atoms with E-state index in [2.05, 4.69) is 22.1 Å². The Labute approximate surface area is 75.5 Å². The van der Waals surface area contributed by atoms with Gasteiger partial charge in [-0.3, -0.25) is 0 Å². The molecule has 12 heavy (non-hydrogen) atoms. The number of hydrogen-bond acceptors (Lipinski definition) is 4. The molecule has 0 fully saturated rings. The molecule has 0 saturated carbocycles. The van der Waals surface area contributed by atoms with E-state index in [1.165, 1.54) is 11.3 Å². The maximum absolute atomic E-state index is 8.73. The summed E-state index contributed by atoms with van der Waals surface area (Å²) in [5.74, 6) is 5.78. The van der Waals surface area contributed by atoms with Crippen LogP contribution in [0.15, 0.2) is 6.20 Å². The lowest BCUT2D eigenvalue weighted by molar-refractivity contribution is 0.285. The molecule has 3 nitrogen and oxygen atoms in total. The summed E-state index contributed by atoms with van der Waals surface area (Å²) in [7, 11) is 1.84. The Kier molecular flexibility index (Phi) is 3.74. The van der Waals surface area contributed by atoms with E-state index >= 15 is 0 Å². The lowest BCUT2D eigenvalue weighted by Gasteiger charge is -1.81. The van der Waals surface area contributed by atoms with Gasteiger partial charge in [0.15, 0.2) is 5.01 Å². The molecule has 0 aromatic carbocycles. The van der Waals surface area contributed by atoms with Gasteiger partial charge >= 0.3 is 0 Å². The molecular weight excluding hydrogens is 172 g/mol. The molecule has 4 heteroatoms. The first-order valence-corrected chi connectivity index (χ1v) is 4.37. The molecule has 1 heterocycles. The maximum atomic E-state index is 8.73. The van der Waals surface area contributed by atoms with E-state index in [0.717, 1.165) is 9.88 Å². The number of aliphatic hydroxyl groups excluding tert-OH is 1. The molecule has 0 saturated heterocycles. The van der Waals surface area contributed by atoms with Crippen LogP contribution in [0.25, 0.3) is 0 Å². The molecule has 1 rings (SSSR count). The zero-order valence-electron chi connectivity index (χ0n) is 6.79. The van der Waals surface area contributed by atoms with Crippen molar-refractivity contribution in [2.45, 2.75) is 6.61 Å². The highest BCUT2D eigenvalue weighted by molar-refractivity contribution is 7.12. The Balaban J connectivity index is 2.59. The normalized spacial score (nSPS) is 9.17. The first kappa shape index (κ1) is 9.20. The van der Waals surface area contributed by atoms with Gasteiger partial charge in [-0.25, -0.2) is 4.98 Å². The van der Waals surface area contributed by atoms with Crippen LogP contribution in [0.4, 0.5) is 0 Å². The minimum Gasteiger partial charge on any atom is -0.391 e. The predicted octanol–water partition coefficient (Wildman–Crippen LogP) is 0.206. The van der Waals surface area contributed by atoms with E-state index < -0.39 is 0 Å². The average molecular weight is 182 g/mol. The van der Waals surface area contributed by atoms with E-state index in [9.17, 15) is 0 Å². The van der Waals surface area contributed by atoms with E-state index in [1.54, 1.807) is 6.20 Å². The van der Waals surface area contributed by atoms with Gasteiger partial charge in [0.2, 0.25) is 0 Å². The number of hydrogen-bond donors (Lipinski definition) is 2. The smallest absolute Gasteiger partial charge is 0.167 e. The van der Waals surface area contributed by atoms with Crippen molar-refractivity contribution in [3.63, 3.8) is 0 Å². The number of rotatable bonds is 2. The van der Waals surface area contributed by atoms with Gasteiger partial charge in [-0.2, -0.15) is 0 Å². The lowest BCUT2D eigenvalue weighted by Crippen LogP contribution is -2.04. The third kappa shape index (κ3) is 2.62. The first-order valence-electron chi connectivity index (χ1n) is 3.56. The second-order valence-electron chi connectivity index (χ2n) is 2.12. The van der Waals surface area contributed by atoms with Crippen molar-refractivity contribution >= 4 is 11.3 Å². The molecule has 0 amide bonds. The number of thiazole rings is 1. The van der Waals surface area contributed by atoms with Crippen LogP contribution in [0.3, 0.4) is 0 Å². The molecular formula is C8H10N2OS. The van der Waals surface area contributed by atoms with Crippen molar-refractivity contribution in [2.24, 2.45) is 0 Å². The number of aliphatic hydroxyl groups is 1. The van der Waals surface area contributed by atoms with Gasteiger partial charge < -0.3 is 10.4 Å². The van der Waals surface area contributed by atoms with Crippen molar-refractivity contribution in [1.82, 2.24) is 10.3 Å². The van der Waals surface area contributed by atoms with Crippen LogP contribution in [-0.2, 0) is 6.61 Å². The third-order valence-electron chi connectivity index (χ3n) is 1.17. The van der Waals surface area contributed by atoms with Crippen molar-refractivity contribution in [2.75, 3.05) is 13.6 Å². The molecule has 0 spiro atoms. The molecule has 0 radical (unpaired) electrons. The molecule has 0 aliphatic heterocycles. The van der Waals surface area contributed by atoms with Crippen LogP contribution in [0.2, 0.25) is 0 Å². The van der Waals surface area contributed by atoms with Crippen LogP contribution in [0, 0.1) is 11.8 Å². The third-order valence-corrected chi connectivity index (χ3v) is 2.07. The van der Waals surface area contributed by atoms with Gasteiger partial charge in [0, 0.05) is 6.20 Å². The average Bonchev–Trinajstić information content (AvgIpc) is 2.53. The summed E-state index contributed by atoms with van der Waals surface area (Å²) in [4.78, 5) is 4.87. The van der Waals surface area contributed by atoms with Crippen LogP contribution < -0.4 is 5.32 Å². The fraction of sp³-hybridized carbons (Fsp3) is 0.375. The molecule has 0 unspecified atom stereocenters. The van der Waals surface area contributed by atoms with Crippen LogP contribution in [-0.4, -0.2) is 23.7 Å². The van der Waals surface area contributed by atoms with E-state index in [4.69, 9.17) is 5.11 Å². The van der Waals surface area contributed by atoms with Gasteiger partial charge in [-0.1, -0.05) is 5.92 Å². The Morgan fingerprint density at radius 3 is 3.17 bits per heavy atom. The summed E-state index contributed by atoms with van der Waals surface area (Å²) in [6.07, 6.45) is 1.65. The number of aromatic nitrogens is 1. The summed E-state index contributed by atoms with van der Waals surface area (Å²) in [5, 5.41) is 12.4. The van der Waals surface area contributed by atoms with Gasteiger partial charge in [-0.05, 0) is 13.0 Å². The monoisotopic (exact) mass is 182 g/mol. The topological polar surface area (TPSA) is 45.2 Å². The lowest BCUT2D eigenvalue weighted by atomic mass is 10.5. The second kappa shape index (κ2) is 4.88. The molecule has 1 aromatic heterocycles.